The summed E-state index contributed by atoms with van der Waals surface area (Å²) in [5, 5.41) is 0.279. The second-order valence-electron chi connectivity index (χ2n) is 3.27. The number of oxazole rings is 1. The van der Waals surface area contributed by atoms with E-state index in [4.69, 9.17) is 21.8 Å². The van der Waals surface area contributed by atoms with E-state index in [2.05, 4.69) is 4.98 Å². The zero-order valence-corrected chi connectivity index (χ0v) is 9.17. The first kappa shape index (κ1) is 11.1. The van der Waals surface area contributed by atoms with Crippen molar-refractivity contribution >= 4 is 11.6 Å². The SMILES string of the molecule is NCCc1cnc(-c2c(F)cccc2Cl)o1. The molecule has 5 heteroatoms. The predicted octanol–water partition coefficient (Wildman–Crippen LogP) is 2.64. The second-order valence-corrected chi connectivity index (χ2v) is 3.67. The van der Waals surface area contributed by atoms with Crippen molar-refractivity contribution in [3.8, 4) is 11.5 Å². The molecule has 0 spiro atoms. The van der Waals surface area contributed by atoms with E-state index in [0.717, 1.165) is 0 Å². The molecule has 2 rings (SSSR count). The minimum atomic E-state index is -0.450. The second kappa shape index (κ2) is 4.63. The Bertz CT molecular complexity index is 478. The van der Waals surface area contributed by atoms with Gasteiger partial charge in [-0.25, -0.2) is 9.37 Å². The standard InChI is InChI=1S/C11H10ClFN2O/c12-8-2-1-3-9(13)10(8)11-15-6-7(16-11)4-5-14/h1-3,6H,4-5,14H2. The summed E-state index contributed by atoms with van der Waals surface area (Å²) < 4.78 is 18.9. The molecule has 0 aliphatic rings. The predicted molar refractivity (Wildman–Crippen MR) is 59.7 cm³/mol. The van der Waals surface area contributed by atoms with Crippen molar-refractivity contribution in [2.45, 2.75) is 6.42 Å². The zero-order chi connectivity index (χ0) is 11.5. The first-order chi connectivity index (χ1) is 7.72. The van der Waals surface area contributed by atoms with E-state index in [0.29, 0.717) is 18.7 Å². The van der Waals surface area contributed by atoms with Crippen molar-refractivity contribution in [3.05, 3.63) is 41.0 Å². The summed E-state index contributed by atoms with van der Waals surface area (Å²) in [6.07, 6.45) is 2.10. The van der Waals surface area contributed by atoms with Gasteiger partial charge < -0.3 is 10.2 Å². The van der Waals surface area contributed by atoms with E-state index in [1.54, 1.807) is 6.07 Å². The molecule has 0 fully saturated rings. The highest BCUT2D eigenvalue weighted by atomic mass is 35.5. The number of nitrogens with zero attached hydrogens (tertiary/aromatic N) is 1. The largest absolute Gasteiger partial charge is 0.441 e. The third kappa shape index (κ3) is 2.08. The molecule has 16 heavy (non-hydrogen) atoms. The molecule has 0 saturated heterocycles. The van der Waals surface area contributed by atoms with E-state index in [1.807, 2.05) is 0 Å². The van der Waals surface area contributed by atoms with Crippen molar-refractivity contribution in [1.29, 1.82) is 0 Å². The zero-order valence-electron chi connectivity index (χ0n) is 8.41. The summed E-state index contributed by atoms with van der Waals surface area (Å²) >= 11 is 5.89. The molecule has 0 unspecified atom stereocenters. The molecule has 1 aromatic heterocycles. The monoisotopic (exact) mass is 240 g/mol. The molecular formula is C11H10ClFN2O. The van der Waals surface area contributed by atoms with Gasteiger partial charge in [-0.2, -0.15) is 0 Å². The molecule has 0 atom stereocenters. The lowest BCUT2D eigenvalue weighted by atomic mass is 10.2. The maximum Gasteiger partial charge on any atom is 0.230 e. The quantitative estimate of drug-likeness (QED) is 0.897. The van der Waals surface area contributed by atoms with Crippen molar-refractivity contribution in [2.75, 3.05) is 6.54 Å². The van der Waals surface area contributed by atoms with Gasteiger partial charge in [-0.1, -0.05) is 17.7 Å². The molecule has 0 aliphatic heterocycles. The molecule has 0 radical (unpaired) electrons. The van der Waals surface area contributed by atoms with Gasteiger partial charge in [0, 0.05) is 6.42 Å². The molecule has 0 bridgehead atoms. The van der Waals surface area contributed by atoms with Crippen molar-refractivity contribution < 1.29 is 8.81 Å². The summed E-state index contributed by atoms with van der Waals surface area (Å²) in [6.45, 7) is 0.458. The molecule has 2 N–H and O–H groups in total. The highest BCUT2D eigenvalue weighted by molar-refractivity contribution is 6.33. The maximum atomic E-state index is 13.5. The summed E-state index contributed by atoms with van der Waals surface area (Å²) in [5.74, 6) is 0.358. The number of rotatable bonds is 3. The van der Waals surface area contributed by atoms with Crippen LogP contribution in [-0.4, -0.2) is 11.5 Å². The van der Waals surface area contributed by atoms with Gasteiger partial charge in [-0.3, -0.25) is 0 Å². The minimum Gasteiger partial charge on any atom is -0.441 e. The first-order valence-electron chi connectivity index (χ1n) is 4.81. The van der Waals surface area contributed by atoms with Crippen molar-refractivity contribution in [1.82, 2.24) is 4.98 Å². The third-order valence-corrected chi connectivity index (χ3v) is 2.44. The molecular weight excluding hydrogens is 231 g/mol. The number of hydrogen-bond acceptors (Lipinski definition) is 3. The van der Waals surface area contributed by atoms with Gasteiger partial charge in [0.25, 0.3) is 0 Å². The lowest BCUT2D eigenvalue weighted by Gasteiger charge is -2.00. The molecule has 1 aromatic carbocycles. The number of benzene rings is 1. The topological polar surface area (TPSA) is 52.0 Å². The average Bonchev–Trinajstić information content (AvgIpc) is 2.67. The van der Waals surface area contributed by atoms with E-state index in [9.17, 15) is 4.39 Å². The minimum absolute atomic E-state index is 0.187. The van der Waals surface area contributed by atoms with Gasteiger partial charge >= 0.3 is 0 Å². The molecule has 0 aliphatic carbocycles. The first-order valence-corrected chi connectivity index (χ1v) is 5.19. The summed E-state index contributed by atoms with van der Waals surface area (Å²) in [4.78, 5) is 3.98. The van der Waals surface area contributed by atoms with Crippen LogP contribution < -0.4 is 5.73 Å². The van der Waals surface area contributed by atoms with Gasteiger partial charge in [-0.15, -0.1) is 0 Å². The number of halogens is 2. The van der Waals surface area contributed by atoms with Crippen LogP contribution in [0.5, 0.6) is 0 Å². The smallest absolute Gasteiger partial charge is 0.230 e. The van der Waals surface area contributed by atoms with Crippen LogP contribution in [0.2, 0.25) is 5.02 Å². The van der Waals surface area contributed by atoms with Gasteiger partial charge in [0.1, 0.15) is 11.6 Å². The summed E-state index contributed by atoms with van der Waals surface area (Å²) in [7, 11) is 0. The number of nitrogens with two attached hydrogens (primary N) is 1. The Morgan fingerprint density at radius 3 is 2.94 bits per heavy atom. The molecule has 0 amide bonds. The van der Waals surface area contributed by atoms with Crippen molar-refractivity contribution in [3.63, 3.8) is 0 Å². The highest BCUT2D eigenvalue weighted by Gasteiger charge is 2.14. The third-order valence-electron chi connectivity index (χ3n) is 2.12. The Morgan fingerprint density at radius 1 is 1.44 bits per heavy atom. The van der Waals surface area contributed by atoms with Crippen LogP contribution in [0.15, 0.2) is 28.8 Å². The van der Waals surface area contributed by atoms with E-state index < -0.39 is 5.82 Å². The molecule has 3 nitrogen and oxygen atoms in total. The lowest BCUT2D eigenvalue weighted by molar-refractivity contribution is 0.513. The Labute approximate surface area is 97.0 Å². The van der Waals surface area contributed by atoms with E-state index >= 15 is 0 Å². The molecule has 0 saturated carbocycles. The molecule has 84 valence electrons. The fraction of sp³-hybridized carbons (Fsp3) is 0.182. The van der Waals surface area contributed by atoms with Gasteiger partial charge in [0.2, 0.25) is 5.89 Å². The fourth-order valence-corrected chi connectivity index (χ4v) is 1.63. The normalized spacial score (nSPS) is 10.7. The van der Waals surface area contributed by atoms with Crippen molar-refractivity contribution in [2.24, 2.45) is 5.73 Å². The van der Waals surface area contributed by atoms with Crippen LogP contribution in [0.3, 0.4) is 0 Å². The molecule has 2 aromatic rings. The molecule has 1 heterocycles. The van der Waals surface area contributed by atoms with Crippen LogP contribution in [0.1, 0.15) is 5.76 Å². The number of aromatic nitrogens is 1. The summed E-state index contributed by atoms with van der Waals surface area (Å²) in [6, 6.07) is 4.44. The fourth-order valence-electron chi connectivity index (χ4n) is 1.38. The van der Waals surface area contributed by atoms with Crippen LogP contribution in [-0.2, 0) is 6.42 Å². The van der Waals surface area contributed by atoms with E-state index in [-0.39, 0.29) is 16.5 Å². The highest BCUT2D eigenvalue weighted by Crippen LogP contribution is 2.29. The summed E-state index contributed by atoms with van der Waals surface area (Å²) in [5.41, 5.74) is 5.57. The van der Waals surface area contributed by atoms with Crippen LogP contribution >= 0.6 is 11.6 Å². The van der Waals surface area contributed by atoms with Gasteiger partial charge in [-0.05, 0) is 18.7 Å². The van der Waals surface area contributed by atoms with Crippen LogP contribution in [0, 0.1) is 5.82 Å². The van der Waals surface area contributed by atoms with Gasteiger partial charge in [0.05, 0.1) is 16.8 Å². The van der Waals surface area contributed by atoms with Gasteiger partial charge in [0.15, 0.2) is 0 Å². The Morgan fingerprint density at radius 2 is 2.25 bits per heavy atom. The Hall–Kier alpha value is -1.39. The average molecular weight is 241 g/mol. The lowest BCUT2D eigenvalue weighted by Crippen LogP contribution is -2.01. The Balaban J connectivity index is 2.42. The maximum absolute atomic E-state index is 13.5. The van der Waals surface area contributed by atoms with Crippen LogP contribution in [0.4, 0.5) is 4.39 Å². The van der Waals surface area contributed by atoms with E-state index in [1.165, 1.54) is 18.3 Å². The number of hydrogen-bond donors (Lipinski definition) is 1. The van der Waals surface area contributed by atoms with Crippen LogP contribution in [0.25, 0.3) is 11.5 Å². The Kier molecular flexibility index (Phi) is 3.22.